The molecule has 2 fully saturated rings. The van der Waals surface area contributed by atoms with Crippen molar-refractivity contribution in [2.75, 3.05) is 39.0 Å². The molecule has 3 rings (SSSR count). The van der Waals surface area contributed by atoms with Gasteiger partial charge in [0.25, 0.3) is 0 Å². The zero-order valence-corrected chi connectivity index (χ0v) is 19.3. The zero-order valence-electron chi connectivity index (χ0n) is 17.7. The van der Waals surface area contributed by atoms with E-state index in [4.69, 9.17) is 14.6 Å². The van der Waals surface area contributed by atoms with E-state index in [2.05, 4.69) is 9.88 Å². The number of nitrogens with zero attached hydrogens (tertiary/aromatic N) is 3. The average Bonchev–Trinajstić information content (AvgIpc) is 3.27. The lowest BCUT2D eigenvalue weighted by Crippen LogP contribution is -2.42. The SMILES string of the molecule is CCOC(=O)[C@]12CCCN(Cc3nccs3)C[C@H]1CN(S(C)(=O)=O)C2.O=C(O)C(F)(F)F. The predicted octanol–water partition coefficient (Wildman–Crippen LogP) is 1.81. The molecule has 0 aliphatic carbocycles. The van der Waals surface area contributed by atoms with Gasteiger partial charge >= 0.3 is 18.1 Å². The molecule has 2 aliphatic heterocycles. The van der Waals surface area contributed by atoms with Gasteiger partial charge in [0.1, 0.15) is 5.01 Å². The van der Waals surface area contributed by atoms with Crippen molar-refractivity contribution in [2.45, 2.75) is 32.5 Å². The van der Waals surface area contributed by atoms with Gasteiger partial charge in [-0.2, -0.15) is 13.2 Å². The van der Waals surface area contributed by atoms with E-state index >= 15 is 0 Å². The minimum absolute atomic E-state index is 0.0521. The Hall–Kier alpha value is -1.77. The molecule has 1 aromatic heterocycles. The molecule has 0 saturated carbocycles. The summed E-state index contributed by atoms with van der Waals surface area (Å²) in [6.45, 7) is 5.03. The van der Waals surface area contributed by atoms with Gasteiger partial charge in [0, 0.05) is 37.1 Å². The highest BCUT2D eigenvalue weighted by molar-refractivity contribution is 7.88. The molecule has 1 N–H and O–H groups in total. The van der Waals surface area contributed by atoms with Crippen molar-refractivity contribution >= 4 is 33.3 Å². The lowest BCUT2D eigenvalue weighted by molar-refractivity contribution is -0.192. The molecule has 0 amide bonds. The molecule has 14 heteroatoms. The molecule has 0 unspecified atom stereocenters. The van der Waals surface area contributed by atoms with Gasteiger partial charge in [-0.15, -0.1) is 11.3 Å². The summed E-state index contributed by atoms with van der Waals surface area (Å²) in [5, 5.41) is 10.1. The number of fused-ring (bicyclic) bond motifs is 1. The second kappa shape index (κ2) is 10.4. The van der Waals surface area contributed by atoms with Gasteiger partial charge in [-0.1, -0.05) is 0 Å². The fourth-order valence-electron chi connectivity index (χ4n) is 3.99. The number of rotatable bonds is 5. The van der Waals surface area contributed by atoms with Crippen LogP contribution in [-0.4, -0.2) is 84.9 Å². The first kappa shape index (κ1) is 26.5. The zero-order chi connectivity index (χ0) is 24.2. The number of likely N-dealkylation sites (tertiary alicyclic amines) is 1. The van der Waals surface area contributed by atoms with Gasteiger partial charge in [-0.05, 0) is 26.3 Å². The van der Waals surface area contributed by atoms with E-state index in [1.54, 1.807) is 24.5 Å². The van der Waals surface area contributed by atoms with E-state index in [0.29, 0.717) is 26.1 Å². The van der Waals surface area contributed by atoms with Crippen LogP contribution in [0.5, 0.6) is 0 Å². The van der Waals surface area contributed by atoms with Crippen LogP contribution < -0.4 is 0 Å². The first-order valence-electron chi connectivity index (χ1n) is 9.82. The predicted molar refractivity (Wildman–Crippen MR) is 109 cm³/mol. The first-order valence-corrected chi connectivity index (χ1v) is 12.6. The molecule has 0 spiro atoms. The number of thiazole rings is 1. The van der Waals surface area contributed by atoms with Crippen molar-refractivity contribution in [1.29, 1.82) is 0 Å². The number of carbonyl (C=O) groups is 2. The summed E-state index contributed by atoms with van der Waals surface area (Å²) < 4.78 is 62.7. The second-order valence-electron chi connectivity index (χ2n) is 7.70. The Morgan fingerprint density at radius 1 is 1.38 bits per heavy atom. The fraction of sp³-hybridized carbons (Fsp3) is 0.722. The topological polar surface area (TPSA) is 117 Å². The molecule has 2 saturated heterocycles. The number of sulfonamides is 1. The van der Waals surface area contributed by atoms with Crippen molar-refractivity contribution in [1.82, 2.24) is 14.2 Å². The lowest BCUT2D eigenvalue weighted by Gasteiger charge is -2.31. The number of hydrogen-bond donors (Lipinski definition) is 1. The van der Waals surface area contributed by atoms with Gasteiger partial charge in [-0.3, -0.25) is 9.69 Å². The third-order valence-corrected chi connectivity index (χ3v) is 7.46. The number of hydrogen-bond acceptors (Lipinski definition) is 8. The Balaban J connectivity index is 0.000000451. The van der Waals surface area contributed by atoms with Crippen LogP contribution in [0.3, 0.4) is 0 Å². The fourth-order valence-corrected chi connectivity index (χ4v) is 5.57. The molecule has 182 valence electrons. The van der Waals surface area contributed by atoms with Crippen molar-refractivity contribution in [3.8, 4) is 0 Å². The number of carboxylic acids is 1. The van der Waals surface area contributed by atoms with Crippen LogP contribution in [0, 0.1) is 11.3 Å². The number of halogens is 3. The maximum atomic E-state index is 12.8. The van der Waals surface area contributed by atoms with Crippen molar-refractivity contribution < 1.29 is 41.0 Å². The highest BCUT2D eigenvalue weighted by atomic mass is 32.2. The second-order valence-corrected chi connectivity index (χ2v) is 10.7. The van der Waals surface area contributed by atoms with Crippen molar-refractivity contribution in [3.05, 3.63) is 16.6 Å². The molecular weight excluding hydrogens is 475 g/mol. The molecule has 0 radical (unpaired) electrons. The summed E-state index contributed by atoms with van der Waals surface area (Å²) >= 11 is 1.62. The molecule has 3 heterocycles. The number of alkyl halides is 3. The number of ether oxygens (including phenoxy) is 1. The van der Waals surface area contributed by atoms with Crippen LogP contribution >= 0.6 is 11.3 Å². The van der Waals surface area contributed by atoms with Crippen LogP contribution in [0.4, 0.5) is 13.2 Å². The summed E-state index contributed by atoms with van der Waals surface area (Å²) in [7, 11) is -3.33. The highest BCUT2D eigenvalue weighted by Gasteiger charge is 2.55. The monoisotopic (exact) mass is 501 g/mol. The molecule has 0 bridgehead atoms. The summed E-state index contributed by atoms with van der Waals surface area (Å²) in [6, 6.07) is 0. The Kier molecular flexibility index (Phi) is 8.64. The molecular formula is C18H26F3N3O6S2. The average molecular weight is 502 g/mol. The van der Waals surface area contributed by atoms with Gasteiger partial charge < -0.3 is 9.84 Å². The standard InChI is InChI=1S/C16H25N3O4S2.C2HF3O2/c1-3-23-15(20)16-5-4-7-18(11-14-17-6-8-24-14)9-13(16)10-19(12-16)25(2,21)22;3-2(4,5)1(6)7/h6,8,13H,3-5,7,9-12H2,1-2H3;(H,6,7)/t13-,16-;/m0./s1. The Labute approximate surface area is 188 Å². The number of aliphatic carboxylic acids is 1. The summed E-state index contributed by atoms with van der Waals surface area (Å²) in [4.78, 5) is 28.3. The van der Waals surface area contributed by atoms with Gasteiger partial charge in [-0.25, -0.2) is 22.5 Å². The third-order valence-electron chi connectivity index (χ3n) is 5.48. The Bertz CT molecular complexity index is 894. The van der Waals surface area contributed by atoms with E-state index in [9.17, 15) is 26.4 Å². The van der Waals surface area contributed by atoms with E-state index in [1.165, 1.54) is 10.6 Å². The Morgan fingerprint density at radius 2 is 2.03 bits per heavy atom. The van der Waals surface area contributed by atoms with Gasteiger partial charge in [0.05, 0.1) is 24.8 Å². The van der Waals surface area contributed by atoms with Crippen LogP contribution in [0.25, 0.3) is 0 Å². The van der Waals surface area contributed by atoms with Gasteiger partial charge in [0.15, 0.2) is 0 Å². The molecule has 1 aromatic rings. The molecule has 32 heavy (non-hydrogen) atoms. The number of carboxylic acid groups (broad SMARTS) is 1. The quantitative estimate of drug-likeness (QED) is 0.608. The molecule has 0 aromatic carbocycles. The Morgan fingerprint density at radius 3 is 2.53 bits per heavy atom. The molecule has 2 aliphatic rings. The minimum atomic E-state index is -5.08. The van der Waals surface area contributed by atoms with Gasteiger partial charge in [0.2, 0.25) is 10.0 Å². The van der Waals surface area contributed by atoms with Crippen LogP contribution in [0.2, 0.25) is 0 Å². The van der Waals surface area contributed by atoms with Crippen LogP contribution in [0.15, 0.2) is 11.6 Å². The normalized spacial score (nSPS) is 24.7. The minimum Gasteiger partial charge on any atom is -0.475 e. The highest BCUT2D eigenvalue weighted by Crippen LogP contribution is 2.44. The summed E-state index contributed by atoms with van der Waals surface area (Å²) in [6.07, 6.45) is -0.568. The molecule has 9 nitrogen and oxygen atoms in total. The van der Waals surface area contributed by atoms with E-state index < -0.39 is 27.6 Å². The largest absolute Gasteiger partial charge is 0.490 e. The van der Waals surface area contributed by atoms with Crippen molar-refractivity contribution in [3.63, 3.8) is 0 Å². The maximum Gasteiger partial charge on any atom is 0.490 e. The van der Waals surface area contributed by atoms with E-state index in [1.807, 2.05) is 5.38 Å². The van der Waals surface area contributed by atoms with E-state index in [0.717, 1.165) is 24.5 Å². The van der Waals surface area contributed by atoms with Crippen LogP contribution in [-0.2, 0) is 30.9 Å². The third kappa shape index (κ3) is 6.62. The summed E-state index contributed by atoms with van der Waals surface area (Å²) in [5.41, 5.74) is -0.725. The molecule has 2 atom stereocenters. The maximum absolute atomic E-state index is 12.8. The smallest absolute Gasteiger partial charge is 0.475 e. The van der Waals surface area contributed by atoms with Crippen molar-refractivity contribution in [2.24, 2.45) is 11.3 Å². The summed E-state index contributed by atoms with van der Waals surface area (Å²) in [5.74, 6) is -3.06. The van der Waals surface area contributed by atoms with E-state index in [-0.39, 0.29) is 18.4 Å². The van der Waals surface area contributed by atoms with Crippen LogP contribution in [0.1, 0.15) is 24.8 Å². The number of esters is 1. The number of aromatic nitrogens is 1. The first-order chi connectivity index (χ1) is 14.8. The lowest BCUT2D eigenvalue weighted by atomic mass is 9.75. The number of carbonyl (C=O) groups excluding carboxylic acids is 1.